The quantitative estimate of drug-likeness (QED) is 0.0169. The van der Waals surface area contributed by atoms with E-state index in [9.17, 15) is 43.2 Å². The fraction of sp³-hybridized carbons (Fsp3) is 0.728. The molecule has 0 spiro atoms. The maximum absolute atomic E-state index is 13.1. The second-order valence-electron chi connectivity index (χ2n) is 25.9. The minimum Gasteiger partial charge on any atom is -0.462 e. The minimum atomic E-state index is -4.98. The lowest BCUT2D eigenvalue weighted by atomic mass is 10.1. The molecule has 19 heteroatoms. The SMILES string of the molecule is CC/C=C\C/C=C\C/C=C\C/C=C\CCCCCCC(=O)OCC(COP(=O)(O)OCC(O)COP(=O)(O)OCC(COC(=O)CCCCCCC/C=C\C/C=C\C/C=C\CC)OC(=O)CCCCCCC/C=C\CCCCCC)OC(=O)CCCCCCC/C=C\CCCCCCCC. The molecule has 3 N–H and O–H groups in total. The van der Waals surface area contributed by atoms with E-state index >= 15 is 0 Å². The smallest absolute Gasteiger partial charge is 0.462 e. The van der Waals surface area contributed by atoms with E-state index in [2.05, 4.69) is 137 Å². The van der Waals surface area contributed by atoms with Crippen LogP contribution in [0.15, 0.2) is 109 Å². The fourth-order valence-corrected chi connectivity index (χ4v) is 11.9. The third-order valence-corrected chi connectivity index (χ3v) is 18.1. The molecular weight excluding hydrogens is 1310 g/mol. The molecule has 576 valence electrons. The van der Waals surface area contributed by atoms with E-state index in [0.29, 0.717) is 25.7 Å². The molecule has 5 unspecified atom stereocenters. The lowest BCUT2D eigenvalue weighted by Crippen LogP contribution is -2.30. The van der Waals surface area contributed by atoms with Crippen LogP contribution in [0, 0.1) is 0 Å². The Bertz CT molecular complexity index is 2320. The monoisotopic (exact) mass is 1450 g/mol. The van der Waals surface area contributed by atoms with Crippen molar-refractivity contribution < 1.29 is 80.2 Å². The number of aliphatic hydroxyl groups is 1. The molecule has 0 aromatic heterocycles. The Morgan fingerprint density at radius 2 is 0.520 bits per heavy atom. The molecule has 0 radical (unpaired) electrons. The molecule has 0 fully saturated rings. The van der Waals surface area contributed by atoms with Gasteiger partial charge in [-0.2, -0.15) is 0 Å². The number of allylic oxidation sites excluding steroid dienone is 18. The molecule has 0 aliphatic rings. The lowest BCUT2D eigenvalue weighted by molar-refractivity contribution is -0.161. The predicted octanol–water partition coefficient (Wildman–Crippen LogP) is 22.6. The average molecular weight is 1450 g/mol. The minimum absolute atomic E-state index is 0.0784. The van der Waals surface area contributed by atoms with Crippen LogP contribution in [0.1, 0.15) is 323 Å². The van der Waals surface area contributed by atoms with Gasteiger partial charge in [0.15, 0.2) is 12.2 Å². The summed E-state index contributed by atoms with van der Waals surface area (Å²) in [7, 11) is -9.97. The van der Waals surface area contributed by atoms with Crippen LogP contribution in [-0.2, 0) is 65.4 Å². The number of unbranched alkanes of at least 4 members (excludes halogenated alkanes) is 29. The first-order chi connectivity index (χ1) is 48.7. The molecule has 0 amide bonds. The Kier molecular flexibility index (Phi) is 69.9. The van der Waals surface area contributed by atoms with Gasteiger partial charge >= 0.3 is 39.5 Å². The van der Waals surface area contributed by atoms with E-state index in [4.69, 9.17) is 37.0 Å². The van der Waals surface area contributed by atoms with Gasteiger partial charge in [-0.25, -0.2) is 9.13 Å². The predicted molar refractivity (Wildman–Crippen MR) is 408 cm³/mol. The zero-order chi connectivity index (χ0) is 73.2. The molecule has 100 heavy (non-hydrogen) atoms. The van der Waals surface area contributed by atoms with Crippen LogP contribution >= 0.6 is 15.6 Å². The third-order valence-electron chi connectivity index (χ3n) is 16.2. The highest BCUT2D eigenvalue weighted by molar-refractivity contribution is 7.47. The molecule has 0 heterocycles. The molecule has 0 rings (SSSR count). The molecule has 0 aromatic carbocycles. The maximum atomic E-state index is 13.1. The van der Waals surface area contributed by atoms with Crippen LogP contribution in [0.25, 0.3) is 0 Å². The first kappa shape index (κ1) is 95.7. The second-order valence-corrected chi connectivity index (χ2v) is 28.8. The van der Waals surface area contributed by atoms with Crippen molar-refractivity contribution in [1.29, 1.82) is 0 Å². The van der Waals surface area contributed by atoms with Crippen molar-refractivity contribution in [3.05, 3.63) is 109 Å². The largest absolute Gasteiger partial charge is 0.472 e. The Morgan fingerprint density at radius 3 is 0.820 bits per heavy atom. The molecule has 0 aliphatic heterocycles. The fourth-order valence-electron chi connectivity index (χ4n) is 10.3. The van der Waals surface area contributed by atoms with Gasteiger partial charge in [-0.1, -0.05) is 259 Å². The number of phosphoric acid groups is 2. The van der Waals surface area contributed by atoms with Gasteiger partial charge in [0, 0.05) is 25.7 Å². The summed E-state index contributed by atoms with van der Waals surface area (Å²) in [5, 5.41) is 10.6. The van der Waals surface area contributed by atoms with Gasteiger partial charge in [0.2, 0.25) is 0 Å². The van der Waals surface area contributed by atoms with E-state index in [-0.39, 0.29) is 25.7 Å². The van der Waals surface area contributed by atoms with Crippen molar-refractivity contribution >= 4 is 39.5 Å². The van der Waals surface area contributed by atoms with Gasteiger partial charge in [-0.05, 0) is 148 Å². The number of rotatable bonds is 73. The van der Waals surface area contributed by atoms with E-state index in [1.807, 2.05) is 0 Å². The van der Waals surface area contributed by atoms with Crippen LogP contribution in [0.3, 0.4) is 0 Å². The van der Waals surface area contributed by atoms with Crippen molar-refractivity contribution in [2.45, 2.75) is 341 Å². The number of carbonyl (C=O) groups excluding carboxylic acids is 4. The average Bonchev–Trinajstić information content (AvgIpc) is 1.06. The van der Waals surface area contributed by atoms with Gasteiger partial charge in [0.25, 0.3) is 0 Å². The van der Waals surface area contributed by atoms with E-state index in [0.717, 1.165) is 180 Å². The van der Waals surface area contributed by atoms with Crippen LogP contribution in [0.4, 0.5) is 0 Å². The summed E-state index contributed by atoms with van der Waals surface area (Å²) in [5.41, 5.74) is 0. The summed E-state index contributed by atoms with van der Waals surface area (Å²) in [5.74, 6) is -2.23. The number of hydrogen-bond acceptors (Lipinski definition) is 15. The van der Waals surface area contributed by atoms with Gasteiger partial charge < -0.3 is 33.8 Å². The summed E-state index contributed by atoms with van der Waals surface area (Å²) >= 11 is 0. The number of phosphoric ester groups is 2. The van der Waals surface area contributed by atoms with Crippen molar-refractivity contribution in [1.82, 2.24) is 0 Å². The van der Waals surface area contributed by atoms with Gasteiger partial charge in [0.05, 0.1) is 26.4 Å². The summed E-state index contributed by atoms with van der Waals surface area (Å²) < 4.78 is 68.5. The maximum Gasteiger partial charge on any atom is 0.472 e. The second kappa shape index (κ2) is 73.0. The normalized spacial score (nSPS) is 14.5. The number of ether oxygens (including phenoxy) is 4. The zero-order valence-electron chi connectivity index (χ0n) is 62.8. The van der Waals surface area contributed by atoms with E-state index in [1.54, 1.807) is 0 Å². The summed E-state index contributed by atoms with van der Waals surface area (Å²) in [6, 6.07) is 0. The number of esters is 4. The summed E-state index contributed by atoms with van der Waals surface area (Å²) in [4.78, 5) is 72.9. The first-order valence-corrected chi connectivity index (χ1v) is 42.1. The Labute approximate surface area is 607 Å². The number of hydrogen-bond donors (Lipinski definition) is 3. The topological polar surface area (TPSA) is 237 Å². The van der Waals surface area contributed by atoms with Crippen LogP contribution in [0.2, 0.25) is 0 Å². The van der Waals surface area contributed by atoms with Crippen molar-refractivity contribution in [2.24, 2.45) is 0 Å². The zero-order valence-corrected chi connectivity index (χ0v) is 64.6. The Morgan fingerprint density at radius 1 is 0.290 bits per heavy atom. The Balaban J connectivity index is 5.39. The highest BCUT2D eigenvalue weighted by Crippen LogP contribution is 2.45. The first-order valence-electron chi connectivity index (χ1n) is 39.1. The van der Waals surface area contributed by atoms with E-state index < -0.39 is 97.5 Å². The number of aliphatic hydroxyl groups excluding tert-OH is 1. The summed E-state index contributed by atoms with van der Waals surface area (Å²) in [6.07, 6.45) is 77.8. The Hall–Kier alpha value is -4.28. The molecule has 0 saturated carbocycles. The van der Waals surface area contributed by atoms with Crippen molar-refractivity contribution in [3.63, 3.8) is 0 Å². The van der Waals surface area contributed by atoms with Gasteiger partial charge in [0.1, 0.15) is 19.3 Å². The van der Waals surface area contributed by atoms with Crippen LogP contribution in [0.5, 0.6) is 0 Å². The van der Waals surface area contributed by atoms with Gasteiger partial charge in [-0.3, -0.25) is 37.3 Å². The van der Waals surface area contributed by atoms with Crippen molar-refractivity contribution in [2.75, 3.05) is 39.6 Å². The van der Waals surface area contributed by atoms with E-state index in [1.165, 1.54) is 64.2 Å². The molecular formula is C81H140O17P2. The molecule has 0 aliphatic carbocycles. The van der Waals surface area contributed by atoms with Crippen LogP contribution < -0.4 is 0 Å². The molecule has 0 bridgehead atoms. The van der Waals surface area contributed by atoms with Crippen LogP contribution in [-0.4, -0.2) is 96.7 Å². The highest BCUT2D eigenvalue weighted by atomic mass is 31.2. The van der Waals surface area contributed by atoms with Crippen molar-refractivity contribution in [3.8, 4) is 0 Å². The molecule has 0 saturated heterocycles. The molecule has 17 nitrogen and oxygen atoms in total. The van der Waals surface area contributed by atoms with Gasteiger partial charge in [-0.15, -0.1) is 0 Å². The third kappa shape index (κ3) is 72.1. The standard InChI is InChI=1S/C81H140O17P2/c1-5-9-13-17-21-25-29-33-36-37-40-43-46-50-54-58-62-66-79(84)92-72-77(98-81(86)68-64-60-56-52-48-44-39-35-31-27-23-19-15-11-7-3)74-96-100(89,90)94-70-75(82)69-93-99(87,88)95-73-76(97-80(85)67-63-59-55-51-47-41-32-28-24-20-16-12-8-4)71-91-78(83)65-61-57-53-49-45-42-38-34-30-26-22-18-14-10-6-2/h9-10,13-14,21-22,25-26,28,32-36,38-40,43,75-77,82H,5-8,11-12,15-20,23-24,27,29-31,37,41-42,44-74H2,1-4H3,(H,87,88)(H,89,90)/b13-9-,14-10-,25-21-,26-22-,32-28-,36-33-,38-34-,39-35-,43-40-. The summed E-state index contributed by atoms with van der Waals surface area (Å²) in [6.45, 7) is 4.58. The highest BCUT2D eigenvalue weighted by Gasteiger charge is 2.30. The molecule has 5 atom stereocenters. The number of carbonyl (C=O) groups is 4. The lowest BCUT2D eigenvalue weighted by Gasteiger charge is -2.21. The molecule has 0 aromatic rings.